The van der Waals surface area contributed by atoms with Gasteiger partial charge in [-0.1, -0.05) is 17.7 Å². The summed E-state index contributed by atoms with van der Waals surface area (Å²) < 4.78 is 39.0. The van der Waals surface area contributed by atoms with Crippen LogP contribution in [0.1, 0.15) is 5.69 Å². The van der Waals surface area contributed by atoms with Gasteiger partial charge in [-0.2, -0.15) is 0 Å². The summed E-state index contributed by atoms with van der Waals surface area (Å²) in [6, 6.07) is 13.1. The number of carbonyl (C=O) groups excluding carboxylic acids is 1. The third-order valence-corrected chi connectivity index (χ3v) is 7.89. The van der Waals surface area contributed by atoms with Crippen LogP contribution in [0.5, 0.6) is 5.75 Å². The monoisotopic (exact) mass is 491 g/mol. The Balaban J connectivity index is 1.30. The number of carbonyl (C=O) groups is 1. The number of imidazole rings is 1. The van der Waals surface area contributed by atoms with E-state index >= 15 is 0 Å². The van der Waals surface area contributed by atoms with E-state index in [-0.39, 0.29) is 17.4 Å². The van der Waals surface area contributed by atoms with Crippen molar-refractivity contribution in [2.45, 2.75) is 10.8 Å². The van der Waals surface area contributed by atoms with Crippen molar-refractivity contribution in [3.63, 3.8) is 0 Å². The summed E-state index contributed by atoms with van der Waals surface area (Å²) >= 11 is 7.10. The lowest BCUT2D eigenvalue weighted by Gasteiger charge is -2.18. The summed E-state index contributed by atoms with van der Waals surface area (Å²) in [7, 11) is -2.13. The largest absolute Gasteiger partial charge is 0.482 e. The number of sulfonamides is 1. The third-order valence-electron chi connectivity index (χ3n) is 4.51. The number of nitrogens with zero attached hydrogens (tertiary/aromatic N) is 3. The van der Waals surface area contributed by atoms with Crippen molar-refractivity contribution in [3.05, 3.63) is 77.0 Å². The number of ether oxygens (including phenoxy) is 2. The fourth-order valence-electron chi connectivity index (χ4n) is 2.86. The quantitative estimate of drug-likeness (QED) is 0.346. The number of anilines is 1. The molecule has 0 spiro atoms. The van der Waals surface area contributed by atoms with Gasteiger partial charge in [0.2, 0.25) is 0 Å². The van der Waals surface area contributed by atoms with E-state index in [1.165, 1.54) is 11.4 Å². The van der Waals surface area contributed by atoms with E-state index in [0.29, 0.717) is 27.8 Å². The molecule has 0 aliphatic carbocycles. The van der Waals surface area contributed by atoms with Crippen LogP contribution in [0.25, 0.3) is 5.65 Å². The number of rotatable bonds is 8. The van der Waals surface area contributed by atoms with E-state index in [4.69, 9.17) is 21.1 Å². The van der Waals surface area contributed by atoms with E-state index in [1.807, 2.05) is 0 Å². The van der Waals surface area contributed by atoms with Crippen LogP contribution in [-0.2, 0) is 26.2 Å². The minimum atomic E-state index is -3.61. The summed E-state index contributed by atoms with van der Waals surface area (Å²) in [5.41, 5.74) is 1.75. The molecule has 4 aromatic rings. The van der Waals surface area contributed by atoms with Crippen molar-refractivity contribution >= 4 is 50.3 Å². The molecule has 4 rings (SSSR count). The molecule has 8 nitrogen and oxygen atoms in total. The maximum absolute atomic E-state index is 12.6. The Kier molecular flexibility index (Phi) is 6.35. The van der Waals surface area contributed by atoms with Crippen LogP contribution in [0.2, 0.25) is 5.02 Å². The van der Waals surface area contributed by atoms with Crippen LogP contribution in [0, 0.1) is 0 Å². The predicted molar refractivity (Wildman–Crippen MR) is 122 cm³/mol. The minimum Gasteiger partial charge on any atom is -0.482 e. The first-order chi connectivity index (χ1) is 15.3. The van der Waals surface area contributed by atoms with Crippen LogP contribution < -0.4 is 9.04 Å². The number of fused-ring (bicyclic) bond motifs is 1. The highest BCUT2D eigenvalue weighted by Crippen LogP contribution is 2.26. The first kappa shape index (κ1) is 22.1. The number of thiophene rings is 1. The van der Waals surface area contributed by atoms with Crippen LogP contribution in [-0.4, -0.2) is 37.4 Å². The standard InChI is InChI=1S/C21H18ClN3O5S2/c1-24(32(27,28)21-3-2-10-31-21)17-5-7-18(8-6-17)29-14-20(26)30-13-16-12-25-11-15(22)4-9-19(25)23-16/h2-12H,13-14H2,1H3. The van der Waals surface area contributed by atoms with Gasteiger partial charge in [0.25, 0.3) is 10.0 Å². The summed E-state index contributed by atoms with van der Waals surface area (Å²) in [6.45, 7) is -0.284. The molecule has 0 fully saturated rings. The summed E-state index contributed by atoms with van der Waals surface area (Å²) in [4.78, 5) is 16.3. The number of esters is 1. The Morgan fingerprint density at radius 3 is 2.66 bits per heavy atom. The molecule has 3 heterocycles. The van der Waals surface area contributed by atoms with Gasteiger partial charge in [-0.05, 0) is 47.8 Å². The fraction of sp³-hybridized carbons (Fsp3) is 0.143. The molecule has 0 amide bonds. The van der Waals surface area contributed by atoms with Crippen LogP contribution in [0.3, 0.4) is 0 Å². The number of hydrogen-bond donors (Lipinski definition) is 0. The molecule has 0 saturated carbocycles. The molecule has 0 atom stereocenters. The summed E-state index contributed by atoms with van der Waals surface area (Å²) in [6.07, 6.45) is 3.44. The van der Waals surface area contributed by atoms with Gasteiger partial charge >= 0.3 is 5.97 Å². The second-order valence-corrected chi connectivity index (χ2v) is 10.3. The van der Waals surface area contributed by atoms with Crippen molar-refractivity contribution in [1.29, 1.82) is 0 Å². The highest BCUT2D eigenvalue weighted by atomic mass is 35.5. The number of pyridine rings is 1. The topological polar surface area (TPSA) is 90.2 Å². The lowest BCUT2D eigenvalue weighted by atomic mass is 10.3. The maximum Gasteiger partial charge on any atom is 0.344 e. The van der Waals surface area contributed by atoms with Gasteiger partial charge in [0.15, 0.2) is 6.61 Å². The van der Waals surface area contributed by atoms with Gasteiger partial charge < -0.3 is 13.9 Å². The molecule has 0 radical (unpaired) electrons. The van der Waals surface area contributed by atoms with Crippen LogP contribution in [0.4, 0.5) is 5.69 Å². The normalized spacial score (nSPS) is 11.4. The highest BCUT2D eigenvalue weighted by molar-refractivity contribution is 7.94. The molecule has 0 aliphatic heterocycles. The molecule has 32 heavy (non-hydrogen) atoms. The maximum atomic E-state index is 12.6. The van der Waals surface area contributed by atoms with Gasteiger partial charge in [0.1, 0.15) is 22.2 Å². The molecule has 0 unspecified atom stereocenters. The molecule has 0 bridgehead atoms. The molecule has 3 aromatic heterocycles. The van der Waals surface area contributed by atoms with Crippen LogP contribution >= 0.6 is 22.9 Å². The van der Waals surface area contributed by atoms with Gasteiger partial charge in [-0.15, -0.1) is 11.3 Å². The molecule has 0 aliphatic rings. The van der Waals surface area contributed by atoms with E-state index in [0.717, 1.165) is 11.3 Å². The zero-order valence-corrected chi connectivity index (χ0v) is 19.2. The van der Waals surface area contributed by atoms with Gasteiger partial charge in [-0.25, -0.2) is 18.2 Å². The molecule has 166 valence electrons. The van der Waals surface area contributed by atoms with Gasteiger partial charge in [0, 0.05) is 19.4 Å². The number of aromatic nitrogens is 2. The highest BCUT2D eigenvalue weighted by Gasteiger charge is 2.22. The van der Waals surface area contributed by atoms with E-state index in [2.05, 4.69) is 4.98 Å². The second-order valence-electron chi connectivity index (χ2n) is 6.69. The lowest BCUT2D eigenvalue weighted by molar-refractivity contribution is -0.147. The molecular formula is C21H18ClN3O5S2. The molecular weight excluding hydrogens is 474 g/mol. The molecule has 0 N–H and O–H groups in total. The molecule has 0 saturated heterocycles. The number of halogens is 1. The van der Waals surface area contributed by atoms with Gasteiger partial charge in [-0.3, -0.25) is 4.31 Å². The molecule has 11 heteroatoms. The third kappa shape index (κ3) is 4.87. The van der Waals surface area contributed by atoms with Crippen molar-refractivity contribution < 1.29 is 22.7 Å². The average molecular weight is 492 g/mol. The Morgan fingerprint density at radius 1 is 1.16 bits per heavy atom. The van der Waals surface area contributed by atoms with E-state index < -0.39 is 16.0 Å². The SMILES string of the molecule is CN(c1ccc(OCC(=O)OCc2cn3cc(Cl)ccc3n2)cc1)S(=O)(=O)c1cccs1. The fourth-order valence-corrected chi connectivity index (χ4v) is 5.39. The first-order valence-electron chi connectivity index (χ1n) is 9.37. The van der Waals surface area contributed by atoms with Crippen molar-refractivity contribution in [1.82, 2.24) is 9.38 Å². The predicted octanol–water partition coefficient (Wildman–Crippen LogP) is 4.00. The number of benzene rings is 1. The first-order valence-corrected chi connectivity index (χ1v) is 12.1. The van der Waals surface area contributed by atoms with Crippen LogP contribution in [0.15, 0.2) is 70.5 Å². The Bertz CT molecular complexity index is 1340. The summed E-state index contributed by atoms with van der Waals surface area (Å²) in [5.74, 6) is -0.142. The van der Waals surface area contributed by atoms with Gasteiger partial charge in [0.05, 0.1) is 16.4 Å². The average Bonchev–Trinajstić information content (AvgIpc) is 3.46. The lowest BCUT2D eigenvalue weighted by Crippen LogP contribution is -2.25. The van der Waals surface area contributed by atoms with E-state index in [9.17, 15) is 13.2 Å². The van der Waals surface area contributed by atoms with Crippen molar-refractivity contribution in [3.8, 4) is 5.75 Å². The summed E-state index contributed by atoms with van der Waals surface area (Å²) in [5, 5.41) is 2.29. The van der Waals surface area contributed by atoms with E-state index in [1.54, 1.807) is 70.7 Å². The zero-order valence-electron chi connectivity index (χ0n) is 16.8. The van der Waals surface area contributed by atoms with Crippen molar-refractivity contribution in [2.75, 3.05) is 18.0 Å². The zero-order chi connectivity index (χ0) is 22.7. The Morgan fingerprint density at radius 2 is 1.94 bits per heavy atom. The Hall–Kier alpha value is -3.08. The molecule has 1 aromatic carbocycles. The smallest absolute Gasteiger partial charge is 0.344 e. The Labute approximate surface area is 193 Å². The van der Waals surface area contributed by atoms with Crippen molar-refractivity contribution in [2.24, 2.45) is 0 Å². The second kappa shape index (κ2) is 9.19. The number of hydrogen-bond acceptors (Lipinski definition) is 7. The minimum absolute atomic E-state index is 0.00576.